The summed E-state index contributed by atoms with van der Waals surface area (Å²) < 4.78 is 26.1. The van der Waals surface area contributed by atoms with E-state index < -0.39 is 5.90 Å². The van der Waals surface area contributed by atoms with Crippen LogP contribution in [0.25, 0.3) is 32.6 Å². The number of thiophene rings is 1. The van der Waals surface area contributed by atoms with Crippen molar-refractivity contribution in [1.82, 2.24) is 10.3 Å². The van der Waals surface area contributed by atoms with Crippen LogP contribution in [-0.2, 0) is 0 Å². The second-order valence-electron chi connectivity index (χ2n) is 8.35. The standard InChI is InChI=1S/C26H22FN5O3S/c1-14(2)32-13-21(35-31-32)30-25(33)24-23(28)22-19(16-5-4-6-17(27)11-16)12-20(29-26(22)36-24)15-7-9-18(34-3)10-8-15/h4-14H,1-3H3,(H2-,28,30,31,33). The number of aliphatic imine (C=N–C) groups is 1. The lowest BCUT2D eigenvalue weighted by Gasteiger charge is -2.10. The van der Waals surface area contributed by atoms with Crippen LogP contribution in [0.15, 0.2) is 70.3 Å². The van der Waals surface area contributed by atoms with Gasteiger partial charge in [0.25, 0.3) is 6.20 Å². The minimum Gasteiger partial charge on any atom is -0.857 e. The maximum atomic E-state index is 14.1. The van der Waals surface area contributed by atoms with Gasteiger partial charge in [0.05, 0.1) is 23.4 Å². The van der Waals surface area contributed by atoms with Gasteiger partial charge in [0, 0.05) is 16.8 Å². The Hall–Kier alpha value is -4.31. The molecule has 0 aliphatic heterocycles. The summed E-state index contributed by atoms with van der Waals surface area (Å²) in [5, 5.41) is 17.5. The summed E-state index contributed by atoms with van der Waals surface area (Å²) in [6.07, 6.45) is 1.55. The van der Waals surface area contributed by atoms with Crippen molar-refractivity contribution in [1.29, 1.82) is 0 Å². The maximum Gasteiger partial charge on any atom is 0.320 e. The normalized spacial score (nSPS) is 12.0. The van der Waals surface area contributed by atoms with E-state index in [-0.39, 0.29) is 28.3 Å². The number of ether oxygens (including phenoxy) is 1. The molecule has 0 radical (unpaired) electrons. The molecule has 0 aliphatic rings. The van der Waals surface area contributed by atoms with Crippen molar-refractivity contribution >= 4 is 39.0 Å². The fourth-order valence-electron chi connectivity index (χ4n) is 3.77. The predicted molar refractivity (Wildman–Crippen MR) is 135 cm³/mol. The predicted octanol–water partition coefficient (Wildman–Crippen LogP) is 4.66. The summed E-state index contributed by atoms with van der Waals surface area (Å²) in [7, 11) is 1.60. The molecule has 0 spiro atoms. The number of hydrogen-bond acceptors (Lipinski definition) is 8. The Morgan fingerprint density at radius 3 is 2.61 bits per heavy atom. The van der Waals surface area contributed by atoms with Gasteiger partial charge in [-0.3, -0.25) is 4.52 Å². The van der Waals surface area contributed by atoms with Gasteiger partial charge < -0.3 is 15.6 Å². The van der Waals surface area contributed by atoms with Gasteiger partial charge in [0.15, 0.2) is 6.04 Å². The third-order valence-corrected chi connectivity index (χ3v) is 6.71. The second kappa shape index (κ2) is 9.38. The quantitative estimate of drug-likeness (QED) is 0.205. The Balaban J connectivity index is 1.69. The number of fused-ring (bicyclic) bond motifs is 1. The van der Waals surface area contributed by atoms with Crippen molar-refractivity contribution < 1.29 is 23.4 Å². The van der Waals surface area contributed by atoms with E-state index in [1.54, 1.807) is 30.1 Å². The van der Waals surface area contributed by atoms with E-state index in [1.165, 1.54) is 12.1 Å². The van der Waals surface area contributed by atoms with Crippen LogP contribution in [0.5, 0.6) is 5.75 Å². The first-order valence-electron chi connectivity index (χ1n) is 11.1. The van der Waals surface area contributed by atoms with Crippen molar-refractivity contribution in [3.8, 4) is 28.1 Å². The van der Waals surface area contributed by atoms with Crippen LogP contribution in [0.3, 0.4) is 0 Å². The zero-order valence-electron chi connectivity index (χ0n) is 19.7. The number of halogens is 1. The van der Waals surface area contributed by atoms with E-state index in [2.05, 4.69) is 10.3 Å². The number of nitrogen functional groups attached to an aromatic ring is 1. The average molecular weight is 504 g/mol. The summed E-state index contributed by atoms with van der Waals surface area (Å²) >= 11 is 1.13. The molecule has 0 bridgehead atoms. The highest BCUT2D eigenvalue weighted by atomic mass is 32.1. The van der Waals surface area contributed by atoms with Gasteiger partial charge in [-0.15, -0.1) is 11.3 Å². The number of pyridine rings is 1. The molecule has 3 heterocycles. The zero-order valence-corrected chi connectivity index (χ0v) is 20.5. The van der Waals surface area contributed by atoms with Crippen LogP contribution in [0, 0.1) is 5.82 Å². The van der Waals surface area contributed by atoms with Crippen molar-refractivity contribution in [2.45, 2.75) is 19.9 Å². The monoisotopic (exact) mass is 503 g/mol. The molecule has 3 aromatic heterocycles. The van der Waals surface area contributed by atoms with E-state index in [1.807, 2.05) is 44.2 Å². The fraction of sp³-hybridized carbons (Fsp3) is 0.154. The van der Waals surface area contributed by atoms with E-state index >= 15 is 0 Å². The van der Waals surface area contributed by atoms with E-state index in [0.29, 0.717) is 32.8 Å². The van der Waals surface area contributed by atoms with E-state index in [4.69, 9.17) is 20.0 Å². The van der Waals surface area contributed by atoms with Crippen LogP contribution >= 0.6 is 11.3 Å². The highest BCUT2D eigenvalue weighted by Gasteiger charge is 2.20. The third kappa shape index (κ3) is 4.38. The second-order valence-corrected chi connectivity index (χ2v) is 9.35. The molecule has 0 unspecified atom stereocenters. The van der Waals surface area contributed by atoms with Gasteiger partial charge >= 0.3 is 5.88 Å². The maximum absolute atomic E-state index is 14.1. The molecule has 36 heavy (non-hydrogen) atoms. The summed E-state index contributed by atoms with van der Waals surface area (Å²) in [5.74, 6) is -0.167. The Labute approximate surface area is 210 Å². The van der Waals surface area contributed by atoms with Crippen molar-refractivity contribution in [2.24, 2.45) is 4.99 Å². The van der Waals surface area contributed by atoms with Crippen LogP contribution in [0.1, 0.15) is 24.8 Å². The molecule has 0 fully saturated rings. The lowest BCUT2D eigenvalue weighted by Crippen LogP contribution is -2.36. The molecule has 2 aromatic carbocycles. The summed E-state index contributed by atoms with van der Waals surface area (Å²) in [4.78, 5) is 9.58. The summed E-state index contributed by atoms with van der Waals surface area (Å²) in [6.45, 7) is 3.86. The number of rotatable bonds is 6. The number of benzene rings is 2. The van der Waals surface area contributed by atoms with Gasteiger partial charge in [-0.1, -0.05) is 12.1 Å². The minimum absolute atomic E-state index is 0.0524. The lowest BCUT2D eigenvalue weighted by molar-refractivity contribution is -0.779. The molecule has 5 aromatic rings. The van der Waals surface area contributed by atoms with Crippen LogP contribution in [-0.4, -0.2) is 23.3 Å². The van der Waals surface area contributed by atoms with Gasteiger partial charge in [-0.05, 0) is 72.1 Å². The topological polar surface area (TPSA) is 113 Å². The molecule has 0 saturated carbocycles. The first-order chi connectivity index (χ1) is 17.3. The average Bonchev–Trinajstić information content (AvgIpc) is 3.48. The van der Waals surface area contributed by atoms with Gasteiger partial charge in [0.1, 0.15) is 16.4 Å². The molecular formula is C26H22FN5O3S. The van der Waals surface area contributed by atoms with Crippen molar-refractivity contribution in [2.75, 3.05) is 12.8 Å². The summed E-state index contributed by atoms with van der Waals surface area (Å²) in [5.41, 5.74) is 9.47. The molecule has 0 saturated heterocycles. The summed E-state index contributed by atoms with van der Waals surface area (Å²) in [6, 6.07) is 15.5. The molecule has 8 nitrogen and oxygen atoms in total. The van der Waals surface area contributed by atoms with Crippen molar-refractivity contribution in [3.05, 3.63) is 71.5 Å². The Morgan fingerprint density at radius 2 is 1.94 bits per heavy atom. The molecule has 5 rings (SSSR count). The molecule has 0 atom stereocenters. The number of nitrogens with two attached hydrogens (primary N) is 1. The van der Waals surface area contributed by atoms with Gasteiger partial charge in [-0.2, -0.15) is 0 Å². The molecular weight excluding hydrogens is 481 g/mol. The minimum atomic E-state index is -0.571. The van der Waals surface area contributed by atoms with Gasteiger partial charge in [-0.25, -0.2) is 14.4 Å². The lowest BCUT2D eigenvalue weighted by atomic mass is 9.99. The largest absolute Gasteiger partial charge is 0.857 e. The fourth-order valence-corrected chi connectivity index (χ4v) is 4.77. The number of aromatic nitrogens is 3. The van der Waals surface area contributed by atoms with E-state index in [0.717, 1.165) is 16.9 Å². The molecule has 0 aliphatic carbocycles. The number of nitrogens with zero attached hydrogens (tertiary/aromatic N) is 4. The Bertz CT molecular complexity index is 1590. The molecule has 2 N–H and O–H groups in total. The zero-order chi connectivity index (χ0) is 25.4. The number of hydrogen-bond donors (Lipinski definition) is 1. The van der Waals surface area contributed by atoms with Crippen LogP contribution < -0.4 is 20.3 Å². The van der Waals surface area contributed by atoms with Crippen LogP contribution in [0.4, 0.5) is 16.0 Å². The SMILES string of the molecule is COc1ccc(-c2cc(-c3cccc(F)c3)c3c(N)c(/C([O-])=N/c4c[n+](C(C)C)no4)sc3n2)cc1. The van der Waals surface area contributed by atoms with Crippen LogP contribution in [0.2, 0.25) is 0 Å². The number of anilines is 1. The van der Waals surface area contributed by atoms with E-state index in [9.17, 15) is 9.50 Å². The van der Waals surface area contributed by atoms with Crippen molar-refractivity contribution in [3.63, 3.8) is 0 Å². The molecule has 10 heteroatoms. The smallest absolute Gasteiger partial charge is 0.320 e. The first-order valence-corrected chi connectivity index (χ1v) is 11.9. The highest BCUT2D eigenvalue weighted by molar-refractivity contribution is 7.21. The van der Waals surface area contributed by atoms with Gasteiger partial charge in [0.2, 0.25) is 5.27 Å². The first kappa shape index (κ1) is 23.4. The number of methoxy groups -OCH3 is 1. The molecule has 0 amide bonds. The Kier molecular flexibility index (Phi) is 6.11. The molecule has 182 valence electrons. The highest BCUT2D eigenvalue weighted by Crippen LogP contribution is 2.41. The third-order valence-electron chi connectivity index (χ3n) is 5.63. The Morgan fingerprint density at radius 1 is 1.17 bits per heavy atom.